The molecule has 2 N–H and O–H groups in total. The van der Waals surface area contributed by atoms with Gasteiger partial charge in [-0.2, -0.15) is 0 Å². The van der Waals surface area contributed by atoms with E-state index in [0.717, 1.165) is 18.9 Å². The van der Waals surface area contributed by atoms with Crippen molar-refractivity contribution in [2.24, 2.45) is 5.92 Å². The first-order valence-electron chi connectivity index (χ1n) is 6.85. The Morgan fingerprint density at radius 1 is 1.48 bits per heavy atom. The Balaban J connectivity index is 2.39. The molecule has 1 fully saturated rings. The predicted octanol–water partition coefficient (Wildman–Crippen LogP) is 2.58. The average molecular weight is 295 g/mol. The van der Waals surface area contributed by atoms with E-state index in [2.05, 4.69) is 6.92 Å². The number of anilines is 1. The highest BCUT2D eigenvalue weighted by molar-refractivity contribution is 5.99. The molecule has 1 aliphatic heterocycles. The standard InChI is InChI=1S/C14H18FN3O3/c1-8-3-4-17(9(2)5-8)14(19)10-6-12(16)11(15)7-13(10)18(20)21/h6-9H,3-5,16H2,1-2H3. The molecule has 2 unspecified atom stereocenters. The van der Waals surface area contributed by atoms with E-state index in [1.807, 2.05) is 6.92 Å². The van der Waals surface area contributed by atoms with Gasteiger partial charge in [0, 0.05) is 12.6 Å². The molecule has 1 aromatic carbocycles. The zero-order chi connectivity index (χ0) is 15.7. The zero-order valence-electron chi connectivity index (χ0n) is 12.0. The van der Waals surface area contributed by atoms with E-state index in [1.54, 1.807) is 4.90 Å². The van der Waals surface area contributed by atoms with Crippen molar-refractivity contribution in [2.75, 3.05) is 12.3 Å². The Morgan fingerprint density at radius 3 is 2.71 bits per heavy atom. The summed E-state index contributed by atoms with van der Waals surface area (Å²) in [6.45, 7) is 4.55. The molecule has 0 saturated carbocycles. The first kappa shape index (κ1) is 15.2. The average Bonchev–Trinajstić information content (AvgIpc) is 2.40. The second-order valence-corrected chi connectivity index (χ2v) is 5.63. The number of nitro groups is 1. The number of piperidine rings is 1. The molecule has 1 heterocycles. The van der Waals surface area contributed by atoms with Crippen LogP contribution in [0.3, 0.4) is 0 Å². The van der Waals surface area contributed by atoms with Crippen LogP contribution in [0.1, 0.15) is 37.0 Å². The highest BCUT2D eigenvalue weighted by atomic mass is 19.1. The number of carbonyl (C=O) groups excluding carboxylic acids is 1. The van der Waals surface area contributed by atoms with Crippen LogP contribution >= 0.6 is 0 Å². The second kappa shape index (κ2) is 5.67. The van der Waals surface area contributed by atoms with E-state index in [1.165, 1.54) is 0 Å². The summed E-state index contributed by atoms with van der Waals surface area (Å²) >= 11 is 0. The van der Waals surface area contributed by atoms with Crippen molar-refractivity contribution in [2.45, 2.75) is 32.7 Å². The minimum Gasteiger partial charge on any atom is -0.396 e. The van der Waals surface area contributed by atoms with Crippen LogP contribution in [0.25, 0.3) is 0 Å². The Kier molecular flexibility index (Phi) is 4.11. The summed E-state index contributed by atoms with van der Waals surface area (Å²) in [5.74, 6) is -0.844. The molecule has 6 nitrogen and oxygen atoms in total. The van der Waals surface area contributed by atoms with Crippen molar-refractivity contribution in [3.8, 4) is 0 Å². The van der Waals surface area contributed by atoms with Gasteiger partial charge in [0.05, 0.1) is 16.7 Å². The maximum Gasteiger partial charge on any atom is 0.285 e. The SMILES string of the molecule is CC1CCN(C(=O)c2cc(N)c(F)cc2[N+](=O)[O-])C(C)C1. The number of hydrogen-bond donors (Lipinski definition) is 1. The van der Waals surface area contributed by atoms with Gasteiger partial charge in [-0.1, -0.05) is 6.92 Å². The number of likely N-dealkylation sites (tertiary alicyclic amines) is 1. The lowest BCUT2D eigenvalue weighted by Crippen LogP contribution is -2.44. The molecule has 1 aliphatic rings. The van der Waals surface area contributed by atoms with E-state index in [-0.39, 0.29) is 17.3 Å². The van der Waals surface area contributed by atoms with Crippen LogP contribution in [0, 0.1) is 21.8 Å². The summed E-state index contributed by atoms with van der Waals surface area (Å²) in [7, 11) is 0. The summed E-state index contributed by atoms with van der Waals surface area (Å²) in [5, 5.41) is 11.0. The number of nitro benzene ring substituents is 1. The van der Waals surface area contributed by atoms with Crippen molar-refractivity contribution < 1.29 is 14.1 Å². The van der Waals surface area contributed by atoms with Gasteiger partial charge in [-0.05, 0) is 31.7 Å². The van der Waals surface area contributed by atoms with E-state index in [4.69, 9.17) is 5.73 Å². The molecule has 0 radical (unpaired) electrons. The van der Waals surface area contributed by atoms with E-state index in [9.17, 15) is 19.3 Å². The summed E-state index contributed by atoms with van der Waals surface area (Å²) in [6, 6.07) is 1.76. The third-order valence-electron chi connectivity index (χ3n) is 3.94. The Hall–Kier alpha value is -2.18. The molecule has 0 aliphatic carbocycles. The molecular formula is C14H18FN3O3. The fraction of sp³-hybridized carbons (Fsp3) is 0.500. The van der Waals surface area contributed by atoms with Crippen LogP contribution in [0.2, 0.25) is 0 Å². The molecule has 2 rings (SSSR count). The van der Waals surface area contributed by atoms with Gasteiger partial charge in [-0.15, -0.1) is 0 Å². The second-order valence-electron chi connectivity index (χ2n) is 5.63. The molecule has 1 aromatic rings. The third-order valence-corrected chi connectivity index (χ3v) is 3.94. The van der Waals surface area contributed by atoms with Crippen molar-refractivity contribution >= 4 is 17.3 Å². The summed E-state index contributed by atoms with van der Waals surface area (Å²) in [6.07, 6.45) is 1.69. The number of amides is 1. The third kappa shape index (κ3) is 2.96. The molecule has 0 spiro atoms. The largest absolute Gasteiger partial charge is 0.396 e. The van der Waals surface area contributed by atoms with Crippen LogP contribution in [0.5, 0.6) is 0 Å². The van der Waals surface area contributed by atoms with Gasteiger partial charge in [0.1, 0.15) is 5.56 Å². The molecule has 0 aromatic heterocycles. The summed E-state index contributed by atoms with van der Waals surface area (Å²) < 4.78 is 13.4. The van der Waals surface area contributed by atoms with E-state index >= 15 is 0 Å². The lowest BCUT2D eigenvalue weighted by atomic mass is 9.92. The van der Waals surface area contributed by atoms with Gasteiger partial charge in [0.15, 0.2) is 5.82 Å². The van der Waals surface area contributed by atoms with Crippen LogP contribution in [-0.4, -0.2) is 28.3 Å². The van der Waals surface area contributed by atoms with Gasteiger partial charge in [-0.25, -0.2) is 4.39 Å². The predicted molar refractivity (Wildman–Crippen MR) is 76.4 cm³/mol. The maximum absolute atomic E-state index is 13.4. The first-order chi connectivity index (χ1) is 9.81. The maximum atomic E-state index is 13.4. The number of halogens is 1. The number of nitrogens with two attached hydrogens (primary N) is 1. The number of hydrogen-bond acceptors (Lipinski definition) is 4. The van der Waals surface area contributed by atoms with Crippen molar-refractivity contribution in [1.82, 2.24) is 4.90 Å². The minimum atomic E-state index is -0.890. The highest BCUT2D eigenvalue weighted by Crippen LogP contribution is 2.29. The Bertz CT molecular complexity index is 591. The zero-order valence-corrected chi connectivity index (χ0v) is 12.0. The minimum absolute atomic E-state index is 0.00729. The van der Waals surface area contributed by atoms with Crippen LogP contribution in [-0.2, 0) is 0 Å². The smallest absolute Gasteiger partial charge is 0.285 e. The molecule has 21 heavy (non-hydrogen) atoms. The topological polar surface area (TPSA) is 89.5 Å². The Morgan fingerprint density at radius 2 is 2.14 bits per heavy atom. The number of nitrogens with zero attached hydrogens (tertiary/aromatic N) is 2. The first-order valence-corrected chi connectivity index (χ1v) is 6.85. The fourth-order valence-corrected chi connectivity index (χ4v) is 2.77. The lowest BCUT2D eigenvalue weighted by Gasteiger charge is -2.36. The van der Waals surface area contributed by atoms with Crippen molar-refractivity contribution in [3.05, 3.63) is 33.6 Å². The van der Waals surface area contributed by atoms with Gasteiger partial charge in [0.25, 0.3) is 11.6 Å². The van der Waals surface area contributed by atoms with E-state index < -0.39 is 22.3 Å². The van der Waals surface area contributed by atoms with Crippen molar-refractivity contribution in [3.63, 3.8) is 0 Å². The number of carbonyl (C=O) groups is 1. The van der Waals surface area contributed by atoms with Crippen molar-refractivity contribution in [1.29, 1.82) is 0 Å². The molecule has 2 atom stereocenters. The summed E-state index contributed by atoms with van der Waals surface area (Å²) in [4.78, 5) is 24.4. The summed E-state index contributed by atoms with van der Waals surface area (Å²) in [5.41, 5.74) is 4.49. The number of nitrogen functional groups attached to an aromatic ring is 1. The number of rotatable bonds is 2. The molecule has 1 saturated heterocycles. The molecule has 7 heteroatoms. The van der Waals surface area contributed by atoms with Gasteiger partial charge in [0.2, 0.25) is 0 Å². The molecular weight excluding hydrogens is 277 g/mol. The number of benzene rings is 1. The quantitative estimate of drug-likeness (QED) is 0.516. The highest BCUT2D eigenvalue weighted by Gasteiger charge is 2.32. The van der Waals surface area contributed by atoms with Crippen LogP contribution < -0.4 is 5.73 Å². The molecule has 0 bridgehead atoms. The molecule has 114 valence electrons. The monoisotopic (exact) mass is 295 g/mol. The van der Waals surface area contributed by atoms with Crippen LogP contribution in [0.15, 0.2) is 12.1 Å². The molecule has 1 amide bonds. The fourth-order valence-electron chi connectivity index (χ4n) is 2.77. The van der Waals surface area contributed by atoms with Crippen LogP contribution in [0.4, 0.5) is 15.8 Å². The Labute approximate surface area is 121 Å². The van der Waals surface area contributed by atoms with E-state index in [0.29, 0.717) is 18.5 Å². The van der Waals surface area contributed by atoms with Gasteiger partial charge in [-0.3, -0.25) is 14.9 Å². The van der Waals surface area contributed by atoms with Gasteiger partial charge < -0.3 is 10.6 Å². The normalized spacial score (nSPS) is 22.1. The lowest BCUT2D eigenvalue weighted by molar-refractivity contribution is -0.385. The van der Waals surface area contributed by atoms with Gasteiger partial charge >= 0.3 is 0 Å².